The van der Waals surface area contributed by atoms with Gasteiger partial charge in [-0.15, -0.1) is 11.3 Å². The van der Waals surface area contributed by atoms with Crippen LogP contribution in [-0.2, 0) is 24.2 Å². The second-order valence-electron chi connectivity index (χ2n) is 11.2. The first-order chi connectivity index (χ1) is 20.4. The van der Waals surface area contributed by atoms with Crippen LogP contribution in [-0.4, -0.2) is 56.3 Å². The number of hydrogen-bond acceptors (Lipinski definition) is 6. The molecule has 0 aliphatic carbocycles. The number of carbonyl (C=O) groups is 1. The molecule has 2 fully saturated rings. The average Bonchev–Trinajstić information content (AvgIpc) is 3.52. The summed E-state index contributed by atoms with van der Waals surface area (Å²) in [5.41, 5.74) is 4.82. The highest BCUT2D eigenvalue weighted by Gasteiger charge is 2.27. The van der Waals surface area contributed by atoms with E-state index in [-0.39, 0.29) is 17.5 Å². The zero-order valence-electron chi connectivity index (χ0n) is 22.9. The van der Waals surface area contributed by atoms with E-state index in [1.807, 2.05) is 0 Å². The van der Waals surface area contributed by atoms with Gasteiger partial charge in [-0.1, -0.05) is 29.8 Å². The number of aromatic carboxylic acids is 1. The van der Waals surface area contributed by atoms with E-state index in [0.717, 1.165) is 71.0 Å². The Morgan fingerprint density at radius 2 is 1.93 bits per heavy atom. The lowest BCUT2D eigenvalue weighted by atomic mass is 9.89. The summed E-state index contributed by atoms with van der Waals surface area (Å²) in [5.74, 6) is 0.104. The smallest absolute Gasteiger partial charge is 0.335 e. The van der Waals surface area contributed by atoms with Crippen molar-refractivity contribution in [3.8, 4) is 0 Å². The zero-order chi connectivity index (χ0) is 28.8. The first-order valence-corrected chi connectivity index (χ1v) is 15.5. The van der Waals surface area contributed by atoms with Crippen LogP contribution in [0.3, 0.4) is 0 Å². The van der Waals surface area contributed by atoms with E-state index in [4.69, 9.17) is 26.3 Å². The highest BCUT2D eigenvalue weighted by atomic mass is 35.5. The van der Waals surface area contributed by atoms with Gasteiger partial charge in [-0.25, -0.2) is 19.2 Å². The lowest BCUT2D eigenvalue weighted by molar-refractivity contribution is -0.0592. The Morgan fingerprint density at radius 3 is 2.67 bits per heavy atom. The monoisotopic (exact) mass is 604 g/mol. The number of fused-ring (bicyclic) bond motifs is 2. The van der Waals surface area contributed by atoms with Crippen LogP contribution in [0.4, 0.5) is 4.39 Å². The van der Waals surface area contributed by atoms with Gasteiger partial charge in [-0.3, -0.25) is 4.90 Å². The molecule has 1 unspecified atom stereocenters. The number of thiazole rings is 1. The molecule has 7 rings (SSSR count). The summed E-state index contributed by atoms with van der Waals surface area (Å²) in [5, 5.41) is 10.8. The second-order valence-corrected chi connectivity index (χ2v) is 12.7. The van der Waals surface area contributed by atoms with Crippen LogP contribution < -0.4 is 0 Å². The van der Waals surface area contributed by atoms with Crippen molar-refractivity contribution < 1.29 is 19.0 Å². The number of aromatic nitrogens is 3. The maximum Gasteiger partial charge on any atom is 0.335 e. The number of carboxylic acid groups (broad SMARTS) is 1. The third kappa shape index (κ3) is 5.42. The molecule has 0 radical (unpaired) electrons. The van der Waals surface area contributed by atoms with Gasteiger partial charge in [0.1, 0.15) is 11.6 Å². The lowest BCUT2D eigenvalue weighted by Crippen LogP contribution is -2.35. The summed E-state index contributed by atoms with van der Waals surface area (Å²) in [6.45, 7) is 4.01. The van der Waals surface area contributed by atoms with Gasteiger partial charge in [0.05, 0.1) is 51.0 Å². The van der Waals surface area contributed by atoms with Crippen LogP contribution in [0.25, 0.3) is 21.3 Å². The number of likely N-dealkylation sites (tertiary alicyclic amines) is 1. The van der Waals surface area contributed by atoms with E-state index in [2.05, 4.69) is 27.7 Å². The van der Waals surface area contributed by atoms with Crippen LogP contribution in [0.1, 0.15) is 57.5 Å². The molecule has 0 amide bonds. The molecule has 2 saturated heterocycles. The molecule has 0 saturated carbocycles. The topological polar surface area (TPSA) is 80.5 Å². The molecule has 0 spiro atoms. The van der Waals surface area contributed by atoms with Crippen LogP contribution in [0.5, 0.6) is 0 Å². The van der Waals surface area contributed by atoms with Gasteiger partial charge in [0.25, 0.3) is 0 Å². The van der Waals surface area contributed by atoms with Crippen molar-refractivity contribution in [1.82, 2.24) is 19.4 Å². The summed E-state index contributed by atoms with van der Waals surface area (Å²) in [4.78, 5) is 23.9. The predicted octanol–water partition coefficient (Wildman–Crippen LogP) is 6.90. The number of para-hydroxylation sites is 1. The van der Waals surface area contributed by atoms with Gasteiger partial charge < -0.3 is 14.4 Å². The average molecular weight is 605 g/mol. The first kappa shape index (κ1) is 27.5. The summed E-state index contributed by atoms with van der Waals surface area (Å²) >= 11 is 7.56. The van der Waals surface area contributed by atoms with Crippen molar-refractivity contribution in [2.45, 2.75) is 50.8 Å². The summed E-state index contributed by atoms with van der Waals surface area (Å²) in [6.07, 6.45) is 3.60. The van der Waals surface area contributed by atoms with Gasteiger partial charge in [0.15, 0.2) is 0 Å². The van der Waals surface area contributed by atoms with Crippen molar-refractivity contribution in [3.05, 3.63) is 93.0 Å². The number of hydrogen-bond donors (Lipinski definition) is 1. The van der Waals surface area contributed by atoms with E-state index in [1.54, 1.807) is 41.7 Å². The highest BCUT2D eigenvalue weighted by molar-refractivity contribution is 7.18. The van der Waals surface area contributed by atoms with Gasteiger partial charge in [-0.2, -0.15) is 0 Å². The summed E-state index contributed by atoms with van der Waals surface area (Å²) < 4.78 is 23.4. The highest BCUT2D eigenvalue weighted by Crippen LogP contribution is 2.36. The standard InChI is InChI=1S/C32H30ClFN4O3S/c33-22-6-4-20(25(34)16-22)15-30-36-31-24(2-1-3-28(31)42-30)19-8-11-37(12-9-19)18-29-35-26-7-5-21(32(39)40)14-27(26)38(29)17-23-10-13-41-23/h1-7,14,16,19,23H,8-13,15,17-18H2,(H,39,40). The fourth-order valence-electron chi connectivity index (χ4n) is 6.11. The number of imidazole rings is 1. The van der Waals surface area contributed by atoms with Crippen LogP contribution in [0, 0.1) is 5.82 Å². The largest absolute Gasteiger partial charge is 0.478 e. The van der Waals surface area contributed by atoms with Crippen molar-refractivity contribution in [2.75, 3.05) is 19.7 Å². The molecule has 3 aromatic carbocycles. The van der Waals surface area contributed by atoms with Crippen molar-refractivity contribution >= 4 is 50.2 Å². The molecule has 2 aliphatic heterocycles. The summed E-state index contributed by atoms with van der Waals surface area (Å²) in [6, 6.07) is 16.3. The minimum atomic E-state index is -0.937. The van der Waals surface area contributed by atoms with E-state index in [0.29, 0.717) is 36.0 Å². The van der Waals surface area contributed by atoms with Crippen molar-refractivity contribution in [3.63, 3.8) is 0 Å². The number of rotatable bonds is 8. The number of nitrogens with zero attached hydrogens (tertiary/aromatic N) is 4. The molecule has 0 bridgehead atoms. The Bertz CT molecular complexity index is 1790. The van der Waals surface area contributed by atoms with Gasteiger partial charge in [0, 0.05) is 18.1 Å². The number of ether oxygens (including phenoxy) is 1. The normalized spacial score (nSPS) is 18.1. The molecule has 7 nitrogen and oxygen atoms in total. The third-order valence-electron chi connectivity index (χ3n) is 8.50. The van der Waals surface area contributed by atoms with Crippen LogP contribution in [0.2, 0.25) is 5.02 Å². The van der Waals surface area contributed by atoms with E-state index >= 15 is 0 Å². The van der Waals surface area contributed by atoms with Crippen LogP contribution in [0.15, 0.2) is 54.6 Å². The Morgan fingerprint density at radius 1 is 1.10 bits per heavy atom. The zero-order valence-corrected chi connectivity index (χ0v) is 24.5. The fourth-order valence-corrected chi connectivity index (χ4v) is 7.30. The van der Waals surface area contributed by atoms with E-state index in [9.17, 15) is 14.3 Å². The summed E-state index contributed by atoms with van der Waals surface area (Å²) in [7, 11) is 0. The number of benzene rings is 3. The second kappa shape index (κ2) is 11.4. The molecule has 1 N–H and O–H groups in total. The van der Waals surface area contributed by atoms with Gasteiger partial charge in [-0.05, 0) is 85.8 Å². The van der Waals surface area contributed by atoms with E-state index < -0.39 is 5.97 Å². The minimum absolute atomic E-state index is 0.139. The molecule has 5 aromatic rings. The molecule has 2 aromatic heterocycles. The maximum atomic E-state index is 14.4. The molecule has 42 heavy (non-hydrogen) atoms. The number of piperidine rings is 1. The van der Waals surface area contributed by atoms with Gasteiger partial charge in [0.2, 0.25) is 0 Å². The SMILES string of the molecule is O=C(O)c1ccc2nc(CN3CCC(c4cccc5sc(Cc6ccc(Cl)cc6F)nc45)CC3)n(CC3CCO3)c2c1. The molecular weight excluding hydrogens is 575 g/mol. The van der Waals surface area contributed by atoms with E-state index in [1.165, 1.54) is 11.6 Å². The first-order valence-electron chi connectivity index (χ1n) is 14.3. The van der Waals surface area contributed by atoms with Gasteiger partial charge >= 0.3 is 5.97 Å². The quantitative estimate of drug-likeness (QED) is 0.208. The third-order valence-corrected chi connectivity index (χ3v) is 9.75. The Kier molecular flexibility index (Phi) is 7.44. The number of halogens is 2. The number of carboxylic acids is 1. The Hall–Kier alpha value is -3.37. The molecule has 4 heterocycles. The Labute approximate surface area is 251 Å². The van der Waals surface area contributed by atoms with Crippen molar-refractivity contribution in [1.29, 1.82) is 0 Å². The van der Waals surface area contributed by atoms with Crippen molar-refractivity contribution in [2.24, 2.45) is 0 Å². The fraction of sp³-hybridized carbons (Fsp3) is 0.344. The predicted molar refractivity (Wildman–Crippen MR) is 162 cm³/mol. The Balaban J connectivity index is 1.07. The lowest BCUT2D eigenvalue weighted by Gasteiger charge is -2.33. The molecular formula is C32H30ClFN4O3S. The molecule has 1 atom stereocenters. The molecule has 2 aliphatic rings. The van der Waals surface area contributed by atoms with Crippen LogP contribution >= 0.6 is 22.9 Å². The molecule has 10 heteroatoms. The maximum absolute atomic E-state index is 14.4. The molecule has 216 valence electrons. The minimum Gasteiger partial charge on any atom is -0.478 e.